The minimum atomic E-state index is -3.84. The average molecular weight is 492 g/mol. The number of hydrogen-bond acceptors (Lipinski definition) is 7. The third-order valence-corrected chi connectivity index (χ3v) is 6.53. The number of aliphatic hydroxyl groups excluding tert-OH is 1. The molecule has 13 heteroatoms. The molecule has 0 aliphatic carbocycles. The first-order valence-corrected chi connectivity index (χ1v) is 11.9. The van der Waals surface area contributed by atoms with Crippen molar-refractivity contribution in [1.29, 1.82) is 0 Å². The Hall–Kier alpha value is -2.01. The second kappa shape index (κ2) is 10.7. The van der Waals surface area contributed by atoms with Gasteiger partial charge in [0.1, 0.15) is 18.1 Å². The van der Waals surface area contributed by atoms with Crippen molar-refractivity contribution in [2.75, 3.05) is 13.2 Å². The first-order chi connectivity index (χ1) is 15.2. The highest BCUT2D eigenvalue weighted by atomic mass is 35.5. The number of aliphatic hydroxyl groups is 1. The summed E-state index contributed by atoms with van der Waals surface area (Å²) in [5, 5.41) is 13.6. The fourth-order valence-electron chi connectivity index (χ4n) is 3.01. The molecule has 1 saturated heterocycles. The largest absolute Gasteiger partial charge is 0.458 e. The van der Waals surface area contributed by atoms with Crippen molar-refractivity contribution in [2.45, 2.75) is 44.6 Å². The Balaban J connectivity index is 1.69. The SMILES string of the molecule is CCCCNP(=O)(OC[C@H]1O[C@@H](n2cc(F)c(=O)[nH]c2=O)C[C@@H]1O)Oc1ccc(Cl)cc1. The topological polar surface area (TPSA) is 132 Å². The molecule has 2 aromatic rings. The van der Waals surface area contributed by atoms with Crippen LogP contribution < -0.4 is 20.9 Å². The molecule has 1 aromatic heterocycles. The molecule has 1 unspecified atom stereocenters. The summed E-state index contributed by atoms with van der Waals surface area (Å²) >= 11 is 5.86. The van der Waals surface area contributed by atoms with Gasteiger partial charge in [0.15, 0.2) is 0 Å². The average Bonchev–Trinajstić information content (AvgIpc) is 3.11. The molecule has 176 valence electrons. The van der Waals surface area contributed by atoms with Crippen molar-refractivity contribution in [3.8, 4) is 5.75 Å². The highest BCUT2D eigenvalue weighted by molar-refractivity contribution is 7.52. The number of unbranched alkanes of at least 4 members (excludes halogenated alkanes) is 1. The number of ether oxygens (including phenoxy) is 1. The van der Waals surface area contributed by atoms with Gasteiger partial charge in [0, 0.05) is 18.0 Å². The third kappa shape index (κ3) is 6.28. The van der Waals surface area contributed by atoms with E-state index in [9.17, 15) is 23.7 Å². The number of H-pyrrole nitrogens is 1. The molecule has 32 heavy (non-hydrogen) atoms. The molecule has 0 spiro atoms. The lowest BCUT2D eigenvalue weighted by molar-refractivity contribution is -0.0428. The summed E-state index contributed by atoms with van der Waals surface area (Å²) < 4.78 is 44.3. The van der Waals surface area contributed by atoms with Crippen LogP contribution in [-0.2, 0) is 13.8 Å². The third-order valence-electron chi connectivity index (χ3n) is 4.72. The number of aromatic amines is 1. The highest BCUT2D eigenvalue weighted by Crippen LogP contribution is 2.45. The maximum atomic E-state index is 13.6. The number of benzene rings is 1. The fourth-order valence-corrected chi connectivity index (χ4v) is 4.52. The molecule has 10 nitrogen and oxygen atoms in total. The van der Waals surface area contributed by atoms with Crippen LogP contribution in [0.2, 0.25) is 5.02 Å². The van der Waals surface area contributed by atoms with Gasteiger partial charge < -0.3 is 14.4 Å². The molecule has 0 amide bonds. The summed E-state index contributed by atoms with van der Waals surface area (Å²) in [5.41, 5.74) is -2.03. The van der Waals surface area contributed by atoms with E-state index in [4.69, 9.17) is 25.4 Å². The van der Waals surface area contributed by atoms with Crippen molar-refractivity contribution < 1.29 is 27.8 Å². The Morgan fingerprint density at radius 2 is 2.09 bits per heavy atom. The smallest absolute Gasteiger partial charge is 0.413 e. The number of nitrogens with zero attached hydrogens (tertiary/aromatic N) is 1. The van der Waals surface area contributed by atoms with Crippen LogP contribution in [-0.4, -0.2) is 40.0 Å². The van der Waals surface area contributed by atoms with Gasteiger partial charge in [-0.3, -0.25) is 18.9 Å². The molecular weight excluding hydrogens is 468 g/mol. The maximum absolute atomic E-state index is 13.6. The first kappa shape index (κ1) is 24.6. The molecule has 1 aliphatic rings. The van der Waals surface area contributed by atoms with Gasteiger partial charge in [0.05, 0.1) is 18.9 Å². The van der Waals surface area contributed by atoms with Gasteiger partial charge in [0.2, 0.25) is 5.82 Å². The van der Waals surface area contributed by atoms with E-state index in [1.54, 1.807) is 12.1 Å². The zero-order chi connectivity index (χ0) is 23.3. The zero-order valence-electron chi connectivity index (χ0n) is 17.2. The van der Waals surface area contributed by atoms with Gasteiger partial charge in [0.25, 0.3) is 5.56 Å². The Bertz CT molecular complexity index is 1080. The first-order valence-electron chi connectivity index (χ1n) is 10.00. The van der Waals surface area contributed by atoms with E-state index in [0.29, 0.717) is 17.8 Å². The number of hydrogen-bond donors (Lipinski definition) is 3. The minimum absolute atomic E-state index is 0.0645. The fraction of sp³-hybridized carbons (Fsp3) is 0.474. The molecule has 1 fully saturated rings. The van der Waals surface area contributed by atoms with E-state index in [1.165, 1.54) is 12.1 Å². The van der Waals surface area contributed by atoms with E-state index in [0.717, 1.165) is 17.4 Å². The van der Waals surface area contributed by atoms with E-state index in [2.05, 4.69) is 5.09 Å². The Kier molecular flexibility index (Phi) is 8.26. The summed E-state index contributed by atoms with van der Waals surface area (Å²) in [4.78, 5) is 25.0. The van der Waals surface area contributed by atoms with Crippen molar-refractivity contribution in [1.82, 2.24) is 14.6 Å². The van der Waals surface area contributed by atoms with Crippen molar-refractivity contribution in [2.24, 2.45) is 0 Å². The van der Waals surface area contributed by atoms with Gasteiger partial charge in [-0.15, -0.1) is 0 Å². The monoisotopic (exact) mass is 491 g/mol. The predicted octanol–water partition coefficient (Wildman–Crippen LogP) is 2.57. The summed E-state index contributed by atoms with van der Waals surface area (Å²) in [6.07, 6.45) is -0.887. The van der Waals surface area contributed by atoms with Crippen LogP contribution in [0, 0.1) is 5.82 Å². The summed E-state index contributed by atoms with van der Waals surface area (Å²) in [6, 6.07) is 6.22. The predicted molar refractivity (Wildman–Crippen MR) is 114 cm³/mol. The van der Waals surface area contributed by atoms with Gasteiger partial charge in [-0.05, 0) is 30.7 Å². The van der Waals surface area contributed by atoms with Crippen molar-refractivity contribution in [3.05, 3.63) is 62.1 Å². The van der Waals surface area contributed by atoms with Crippen molar-refractivity contribution in [3.63, 3.8) is 0 Å². The lowest BCUT2D eigenvalue weighted by atomic mass is 10.2. The molecular formula is C19H24ClFN3O7P. The number of halogens is 2. The van der Waals surface area contributed by atoms with Gasteiger partial charge in [-0.1, -0.05) is 24.9 Å². The van der Waals surface area contributed by atoms with E-state index < -0.39 is 43.2 Å². The quantitative estimate of drug-likeness (QED) is 0.341. The van der Waals surface area contributed by atoms with E-state index in [-0.39, 0.29) is 18.8 Å². The van der Waals surface area contributed by atoms with Crippen LogP contribution in [0.25, 0.3) is 0 Å². The number of aromatic nitrogens is 2. The van der Waals surface area contributed by atoms with Crippen LogP contribution >= 0.6 is 19.3 Å². The number of rotatable bonds is 10. The lowest BCUT2D eigenvalue weighted by Crippen LogP contribution is -2.34. The second-order valence-corrected chi connectivity index (χ2v) is 9.36. The molecule has 4 atom stereocenters. The molecule has 0 radical (unpaired) electrons. The van der Waals surface area contributed by atoms with Gasteiger partial charge >= 0.3 is 13.4 Å². The van der Waals surface area contributed by atoms with Crippen LogP contribution in [0.4, 0.5) is 4.39 Å². The molecule has 1 aliphatic heterocycles. The molecule has 0 saturated carbocycles. The zero-order valence-corrected chi connectivity index (χ0v) is 18.9. The van der Waals surface area contributed by atoms with Crippen LogP contribution in [0.3, 0.4) is 0 Å². The standard InChI is InChI=1S/C19H24ClFN3O7P/c1-2-3-8-22-32(28,31-13-6-4-12(20)5-7-13)29-11-16-15(25)9-17(30-16)24-10-14(21)18(26)23-19(24)27/h4-7,10,15-17,25H,2-3,8-9,11H2,1H3,(H,22,28)(H,23,26,27)/t15-,16+,17+,32?/m0/s1. The van der Waals surface area contributed by atoms with Crippen molar-refractivity contribution >= 4 is 19.3 Å². The summed E-state index contributed by atoms with van der Waals surface area (Å²) in [7, 11) is -3.84. The van der Waals surface area contributed by atoms with E-state index in [1.807, 2.05) is 11.9 Å². The summed E-state index contributed by atoms with van der Waals surface area (Å²) in [6.45, 7) is 2.00. The molecule has 1 aromatic carbocycles. The van der Waals surface area contributed by atoms with Crippen LogP contribution in [0.5, 0.6) is 5.75 Å². The molecule has 3 rings (SSSR count). The van der Waals surface area contributed by atoms with Gasteiger partial charge in [-0.25, -0.2) is 14.4 Å². The Morgan fingerprint density at radius 3 is 2.78 bits per heavy atom. The van der Waals surface area contributed by atoms with Gasteiger partial charge in [-0.2, -0.15) is 4.39 Å². The highest BCUT2D eigenvalue weighted by Gasteiger charge is 2.38. The second-order valence-electron chi connectivity index (χ2n) is 7.18. The molecule has 3 N–H and O–H groups in total. The Labute approximate surface area is 187 Å². The summed E-state index contributed by atoms with van der Waals surface area (Å²) in [5.74, 6) is -0.897. The maximum Gasteiger partial charge on any atom is 0.458 e. The molecule has 2 heterocycles. The number of nitrogens with one attached hydrogen (secondary N) is 2. The normalized spacial score (nSPS) is 22.6. The minimum Gasteiger partial charge on any atom is -0.413 e. The molecule has 0 bridgehead atoms. The Morgan fingerprint density at radius 1 is 1.38 bits per heavy atom. The van der Waals surface area contributed by atoms with E-state index >= 15 is 0 Å². The van der Waals surface area contributed by atoms with Crippen LogP contribution in [0.1, 0.15) is 32.4 Å². The van der Waals surface area contributed by atoms with Crippen LogP contribution in [0.15, 0.2) is 40.1 Å². The lowest BCUT2D eigenvalue weighted by Gasteiger charge is -2.22.